The lowest BCUT2D eigenvalue weighted by atomic mass is 10.1. The summed E-state index contributed by atoms with van der Waals surface area (Å²) in [6.45, 7) is 0.936. The van der Waals surface area contributed by atoms with Gasteiger partial charge in [0.25, 0.3) is 5.82 Å². The van der Waals surface area contributed by atoms with E-state index in [4.69, 9.17) is 4.74 Å². The number of rotatable bonds is 4. The van der Waals surface area contributed by atoms with Crippen LogP contribution in [0.2, 0.25) is 0 Å². The summed E-state index contributed by atoms with van der Waals surface area (Å²) in [6.07, 6.45) is 4.05. The molecule has 28 heavy (non-hydrogen) atoms. The molecule has 1 aromatic heterocycles. The quantitative estimate of drug-likeness (QED) is 0.428. The van der Waals surface area contributed by atoms with Gasteiger partial charge >= 0.3 is 5.51 Å². The highest BCUT2D eigenvalue weighted by Gasteiger charge is 2.31. The number of alkyl halides is 3. The first-order chi connectivity index (χ1) is 12.9. The second kappa shape index (κ2) is 8.21. The fourth-order valence-electron chi connectivity index (χ4n) is 3.46. The molecule has 0 saturated heterocycles. The molecule has 0 radical (unpaired) electrons. The van der Waals surface area contributed by atoms with Crippen LogP contribution in [0.25, 0.3) is 16.9 Å². The van der Waals surface area contributed by atoms with Crippen LogP contribution in [-0.2, 0) is 13.0 Å². The first-order valence-electron chi connectivity index (χ1n) is 8.59. The molecule has 0 unspecified atom stereocenters. The lowest BCUT2D eigenvalue weighted by Crippen LogP contribution is -3.00. The molecule has 0 aliphatic carbocycles. The predicted octanol–water partition coefficient (Wildman–Crippen LogP) is 2.00. The van der Waals surface area contributed by atoms with Gasteiger partial charge in [0.15, 0.2) is 5.69 Å². The molecule has 148 valence electrons. The van der Waals surface area contributed by atoms with Crippen molar-refractivity contribution in [3.63, 3.8) is 0 Å². The van der Waals surface area contributed by atoms with Gasteiger partial charge in [-0.05, 0) is 66.7 Å². The second-order valence-corrected chi connectivity index (χ2v) is 7.46. The Hall–Kier alpha value is -1.93. The molecule has 3 nitrogen and oxygen atoms in total. The van der Waals surface area contributed by atoms with Crippen molar-refractivity contribution in [3.8, 4) is 22.7 Å². The van der Waals surface area contributed by atoms with E-state index in [2.05, 4.69) is 15.3 Å². The van der Waals surface area contributed by atoms with Gasteiger partial charge in [-0.25, -0.2) is 4.57 Å². The molecular weight excluding hydrogens is 453 g/mol. The van der Waals surface area contributed by atoms with E-state index < -0.39 is 5.51 Å². The zero-order chi connectivity index (χ0) is 19.0. The molecule has 0 fully saturated rings. The summed E-state index contributed by atoms with van der Waals surface area (Å²) in [5, 5.41) is 0. The van der Waals surface area contributed by atoms with Crippen molar-refractivity contribution < 1.29 is 39.5 Å². The van der Waals surface area contributed by atoms with E-state index in [1.807, 2.05) is 24.3 Å². The zero-order valence-corrected chi connectivity index (χ0v) is 17.4. The van der Waals surface area contributed by atoms with Crippen LogP contribution in [0.3, 0.4) is 0 Å². The molecule has 0 N–H and O–H groups in total. The van der Waals surface area contributed by atoms with Gasteiger partial charge in [-0.15, -0.1) is 0 Å². The van der Waals surface area contributed by atoms with E-state index in [-0.39, 0.29) is 33.6 Å². The van der Waals surface area contributed by atoms with Crippen LogP contribution >= 0.6 is 11.8 Å². The lowest BCUT2D eigenvalue weighted by molar-refractivity contribution is -0.679. The molecule has 8 heteroatoms. The number of imidazole rings is 1. The fraction of sp³-hybridized carbons (Fsp3) is 0.250. The molecule has 2 heterocycles. The third kappa shape index (κ3) is 4.22. The van der Waals surface area contributed by atoms with Crippen LogP contribution in [0, 0.1) is 0 Å². The monoisotopic (exact) mass is 470 g/mol. The lowest BCUT2D eigenvalue weighted by Gasteiger charge is -2.05. The number of fused-ring (bicyclic) bond motifs is 1. The number of halogens is 4. The highest BCUT2D eigenvalue weighted by molar-refractivity contribution is 8.00. The summed E-state index contributed by atoms with van der Waals surface area (Å²) >= 11 is -0.0907. The Morgan fingerprint density at radius 3 is 2.32 bits per heavy atom. The largest absolute Gasteiger partial charge is 1.00 e. The molecule has 2 aromatic carbocycles. The number of hydrogen-bond donors (Lipinski definition) is 0. The van der Waals surface area contributed by atoms with Crippen molar-refractivity contribution >= 4 is 11.8 Å². The average molecular weight is 471 g/mol. The number of aromatic nitrogens is 2. The standard InChI is InChI=1S/C20H18F3N2OS.BrH/c1-26-16-8-4-14(5-9-16)18-13-25(19-3-2-12-24(18)19)15-6-10-17(11-7-15)27-20(21,22)23;/h4-11,13H,2-3,12H2,1H3;1H/q+1;/p-1. The van der Waals surface area contributed by atoms with Crippen LogP contribution < -0.4 is 26.3 Å². The van der Waals surface area contributed by atoms with Crippen molar-refractivity contribution in [1.29, 1.82) is 0 Å². The van der Waals surface area contributed by atoms with E-state index in [0.717, 1.165) is 47.9 Å². The van der Waals surface area contributed by atoms with Gasteiger partial charge in [-0.3, -0.25) is 0 Å². The van der Waals surface area contributed by atoms with E-state index in [1.54, 1.807) is 19.2 Å². The van der Waals surface area contributed by atoms with Gasteiger partial charge in [-0.2, -0.15) is 17.7 Å². The number of benzene rings is 2. The minimum atomic E-state index is -4.27. The number of nitrogens with zero attached hydrogens (tertiary/aromatic N) is 2. The van der Waals surface area contributed by atoms with Gasteiger partial charge in [0.05, 0.1) is 20.1 Å². The van der Waals surface area contributed by atoms with Crippen molar-refractivity contribution in [3.05, 3.63) is 60.6 Å². The summed E-state index contributed by atoms with van der Waals surface area (Å²) < 4.78 is 47.2. The molecular formula is C20H18BrF3N2OS. The molecule has 1 aliphatic rings. The zero-order valence-electron chi connectivity index (χ0n) is 15.0. The Balaban J connectivity index is 0.00000225. The number of ether oxygens (including phenoxy) is 1. The Morgan fingerprint density at radius 1 is 1.04 bits per heavy atom. The Labute approximate surface area is 175 Å². The topological polar surface area (TPSA) is 18.0 Å². The minimum absolute atomic E-state index is 0. The Morgan fingerprint density at radius 2 is 1.71 bits per heavy atom. The Kier molecular flexibility index (Phi) is 6.09. The molecule has 0 saturated carbocycles. The molecule has 4 rings (SSSR count). The number of thioether (sulfide) groups is 1. The van der Waals surface area contributed by atoms with Crippen LogP contribution in [-0.4, -0.2) is 17.2 Å². The van der Waals surface area contributed by atoms with Gasteiger partial charge in [-0.1, -0.05) is 0 Å². The predicted molar refractivity (Wildman–Crippen MR) is 98.2 cm³/mol. The number of hydrogen-bond acceptors (Lipinski definition) is 2. The van der Waals surface area contributed by atoms with Crippen molar-refractivity contribution in [2.24, 2.45) is 0 Å². The summed E-state index contributed by atoms with van der Waals surface area (Å²) in [6, 6.07) is 14.4. The third-order valence-corrected chi connectivity index (χ3v) is 5.39. The summed E-state index contributed by atoms with van der Waals surface area (Å²) in [7, 11) is 1.64. The summed E-state index contributed by atoms with van der Waals surface area (Å²) in [5.41, 5.74) is -1.22. The molecule has 1 aliphatic heterocycles. The van der Waals surface area contributed by atoms with E-state index in [1.165, 1.54) is 12.1 Å². The summed E-state index contributed by atoms with van der Waals surface area (Å²) in [4.78, 5) is 0.193. The van der Waals surface area contributed by atoms with Gasteiger partial charge < -0.3 is 21.7 Å². The molecule has 3 aromatic rings. The average Bonchev–Trinajstić information content (AvgIpc) is 3.24. The maximum atomic E-state index is 12.5. The third-order valence-electron chi connectivity index (χ3n) is 4.65. The van der Waals surface area contributed by atoms with Gasteiger partial charge in [0, 0.05) is 10.5 Å². The normalized spacial score (nSPS) is 13.1. The van der Waals surface area contributed by atoms with Crippen molar-refractivity contribution in [1.82, 2.24) is 4.57 Å². The fourth-order valence-corrected chi connectivity index (χ4v) is 4.00. The molecule has 0 amide bonds. The highest BCUT2D eigenvalue weighted by Crippen LogP contribution is 2.37. The van der Waals surface area contributed by atoms with Crippen molar-refractivity contribution in [2.45, 2.75) is 29.8 Å². The second-order valence-electron chi connectivity index (χ2n) is 6.33. The van der Waals surface area contributed by atoms with Crippen molar-refractivity contribution in [2.75, 3.05) is 7.11 Å². The van der Waals surface area contributed by atoms with E-state index in [0.29, 0.717) is 0 Å². The van der Waals surface area contributed by atoms with Crippen LogP contribution in [0.1, 0.15) is 12.2 Å². The molecule has 0 bridgehead atoms. The summed E-state index contributed by atoms with van der Waals surface area (Å²) in [5.74, 6) is 1.97. The smallest absolute Gasteiger partial charge is 0.446 e. The first-order valence-corrected chi connectivity index (χ1v) is 9.41. The first kappa shape index (κ1) is 20.8. The molecule has 0 spiro atoms. The number of methoxy groups -OCH3 is 1. The van der Waals surface area contributed by atoms with Crippen LogP contribution in [0.4, 0.5) is 13.2 Å². The maximum Gasteiger partial charge on any atom is 0.446 e. The van der Waals surface area contributed by atoms with E-state index >= 15 is 0 Å². The van der Waals surface area contributed by atoms with Crippen LogP contribution in [0.5, 0.6) is 5.75 Å². The van der Waals surface area contributed by atoms with Gasteiger partial charge in [0.1, 0.15) is 17.6 Å². The van der Waals surface area contributed by atoms with Crippen LogP contribution in [0.15, 0.2) is 59.6 Å². The molecule has 0 atom stereocenters. The highest BCUT2D eigenvalue weighted by atomic mass is 79.9. The Bertz CT molecular complexity index is 953. The SMILES string of the molecule is COc1ccc(-c2cn(-c3ccc(SC(F)(F)F)cc3)c3[n+]2CCC3)cc1.[Br-]. The van der Waals surface area contributed by atoms with Gasteiger partial charge in [0.2, 0.25) is 0 Å². The minimum Gasteiger partial charge on any atom is -1.00 e. The van der Waals surface area contributed by atoms with E-state index in [9.17, 15) is 13.2 Å². The maximum absolute atomic E-state index is 12.5.